The zero-order chi connectivity index (χ0) is 12.4. The smallest absolute Gasteiger partial charge is 0.198 e. The molecular formula is C13H11F2NO. The van der Waals surface area contributed by atoms with Gasteiger partial charge in [0, 0.05) is 17.8 Å². The molecule has 0 aliphatic rings. The minimum Gasteiger partial charge on any atom is -0.451 e. The fourth-order valence-electron chi connectivity index (χ4n) is 1.47. The zero-order valence-corrected chi connectivity index (χ0v) is 9.21. The predicted molar refractivity (Wildman–Crippen MR) is 62.0 cm³/mol. The quantitative estimate of drug-likeness (QED) is 0.806. The van der Waals surface area contributed by atoms with Crippen molar-refractivity contribution in [2.75, 3.05) is 5.73 Å². The minimum absolute atomic E-state index is 0.0246. The van der Waals surface area contributed by atoms with E-state index >= 15 is 0 Å². The highest BCUT2D eigenvalue weighted by molar-refractivity contribution is 5.45. The molecule has 0 aromatic heterocycles. The van der Waals surface area contributed by atoms with E-state index in [4.69, 9.17) is 10.5 Å². The second kappa shape index (κ2) is 4.41. The van der Waals surface area contributed by atoms with Gasteiger partial charge in [-0.25, -0.2) is 8.78 Å². The van der Waals surface area contributed by atoms with Gasteiger partial charge < -0.3 is 10.5 Å². The molecule has 2 nitrogen and oxygen atoms in total. The van der Waals surface area contributed by atoms with E-state index in [-0.39, 0.29) is 5.69 Å². The van der Waals surface area contributed by atoms with E-state index in [0.717, 1.165) is 17.7 Å². The number of hydrogen-bond acceptors (Lipinski definition) is 2. The number of anilines is 1. The Morgan fingerprint density at radius 1 is 1.06 bits per heavy atom. The van der Waals surface area contributed by atoms with Gasteiger partial charge in [-0.2, -0.15) is 0 Å². The van der Waals surface area contributed by atoms with Crippen molar-refractivity contribution >= 4 is 5.69 Å². The molecule has 0 bridgehead atoms. The Hall–Kier alpha value is -2.10. The Morgan fingerprint density at radius 3 is 2.29 bits per heavy atom. The second-order valence-electron chi connectivity index (χ2n) is 3.73. The summed E-state index contributed by atoms with van der Waals surface area (Å²) in [5.41, 5.74) is 6.28. The molecule has 0 saturated heterocycles. The molecule has 0 amide bonds. The Bertz CT molecular complexity index is 532. The number of benzene rings is 2. The van der Waals surface area contributed by atoms with Crippen LogP contribution >= 0.6 is 0 Å². The molecular weight excluding hydrogens is 224 g/mol. The lowest BCUT2D eigenvalue weighted by molar-refractivity contribution is 0.407. The molecule has 0 radical (unpaired) electrons. The van der Waals surface area contributed by atoms with Crippen LogP contribution in [0.15, 0.2) is 36.4 Å². The largest absolute Gasteiger partial charge is 0.451 e. The highest BCUT2D eigenvalue weighted by Crippen LogP contribution is 2.29. The zero-order valence-electron chi connectivity index (χ0n) is 9.21. The van der Waals surface area contributed by atoms with Crippen LogP contribution in [0.25, 0.3) is 0 Å². The monoisotopic (exact) mass is 235 g/mol. The Kier molecular flexibility index (Phi) is 2.95. The molecule has 0 heterocycles. The lowest BCUT2D eigenvalue weighted by Gasteiger charge is -2.09. The van der Waals surface area contributed by atoms with Gasteiger partial charge in [0.15, 0.2) is 17.4 Å². The van der Waals surface area contributed by atoms with Crippen LogP contribution in [0.4, 0.5) is 14.5 Å². The van der Waals surface area contributed by atoms with Crippen LogP contribution < -0.4 is 10.5 Å². The van der Waals surface area contributed by atoms with E-state index in [9.17, 15) is 8.78 Å². The SMILES string of the molecule is Cc1cccc(Oc2c(F)cc(N)cc2F)c1. The lowest BCUT2D eigenvalue weighted by Crippen LogP contribution is -1.95. The number of hydrogen-bond donors (Lipinski definition) is 1. The molecule has 0 fully saturated rings. The maximum Gasteiger partial charge on any atom is 0.198 e. The van der Waals surface area contributed by atoms with Crippen molar-refractivity contribution in [3.8, 4) is 11.5 Å². The summed E-state index contributed by atoms with van der Waals surface area (Å²) in [7, 11) is 0. The summed E-state index contributed by atoms with van der Waals surface area (Å²) in [5, 5.41) is 0. The van der Waals surface area contributed by atoms with Crippen LogP contribution in [0.5, 0.6) is 11.5 Å². The van der Waals surface area contributed by atoms with Crippen molar-refractivity contribution < 1.29 is 13.5 Å². The van der Waals surface area contributed by atoms with Crippen molar-refractivity contribution in [2.24, 2.45) is 0 Å². The fraction of sp³-hybridized carbons (Fsp3) is 0.0769. The summed E-state index contributed by atoms with van der Waals surface area (Å²) in [6.07, 6.45) is 0. The van der Waals surface area contributed by atoms with Crippen molar-refractivity contribution in [1.82, 2.24) is 0 Å². The van der Waals surface area contributed by atoms with Crippen molar-refractivity contribution in [1.29, 1.82) is 0 Å². The Morgan fingerprint density at radius 2 is 1.71 bits per heavy atom. The van der Waals surface area contributed by atoms with Crippen LogP contribution in [0, 0.1) is 18.6 Å². The Labute approximate surface area is 97.6 Å². The highest BCUT2D eigenvalue weighted by atomic mass is 19.1. The van der Waals surface area contributed by atoms with Gasteiger partial charge in [-0.3, -0.25) is 0 Å². The molecule has 0 spiro atoms. The third-order valence-corrected chi connectivity index (χ3v) is 2.23. The third-order valence-electron chi connectivity index (χ3n) is 2.23. The molecule has 0 aliphatic heterocycles. The van der Waals surface area contributed by atoms with Gasteiger partial charge in [-0.1, -0.05) is 12.1 Å². The van der Waals surface area contributed by atoms with Crippen molar-refractivity contribution in [3.63, 3.8) is 0 Å². The van der Waals surface area contributed by atoms with Gasteiger partial charge in [0.1, 0.15) is 5.75 Å². The summed E-state index contributed by atoms with van der Waals surface area (Å²) in [4.78, 5) is 0. The summed E-state index contributed by atoms with van der Waals surface area (Å²) >= 11 is 0. The number of halogens is 2. The molecule has 17 heavy (non-hydrogen) atoms. The topological polar surface area (TPSA) is 35.2 Å². The van der Waals surface area contributed by atoms with Gasteiger partial charge in [-0.05, 0) is 24.6 Å². The van der Waals surface area contributed by atoms with Crippen LogP contribution in [0.3, 0.4) is 0 Å². The van der Waals surface area contributed by atoms with Crippen molar-refractivity contribution in [3.05, 3.63) is 53.6 Å². The van der Waals surface area contributed by atoms with Gasteiger partial charge in [0.2, 0.25) is 0 Å². The molecule has 88 valence electrons. The van der Waals surface area contributed by atoms with Gasteiger partial charge in [0.25, 0.3) is 0 Å². The molecule has 0 atom stereocenters. The first-order valence-corrected chi connectivity index (χ1v) is 5.05. The Balaban J connectivity index is 2.36. The summed E-state index contributed by atoms with van der Waals surface area (Å²) in [6.45, 7) is 1.86. The maximum atomic E-state index is 13.5. The number of nitrogens with two attached hydrogens (primary N) is 1. The number of rotatable bonds is 2. The number of ether oxygens (including phenoxy) is 1. The van der Waals surface area contributed by atoms with E-state index in [1.807, 2.05) is 13.0 Å². The molecule has 2 rings (SSSR count). The van der Waals surface area contributed by atoms with E-state index in [1.54, 1.807) is 18.2 Å². The molecule has 2 N–H and O–H groups in total. The summed E-state index contributed by atoms with van der Waals surface area (Å²) < 4.78 is 32.1. The van der Waals surface area contributed by atoms with E-state index in [0.29, 0.717) is 5.75 Å². The first-order chi connectivity index (χ1) is 8.06. The first-order valence-electron chi connectivity index (χ1n) is 5.05. The first kappa shape index (κ1) is 11.4. The standard InChI is InChI=1S/C13H11F2NO/c1-8-3-2-4-10(5-8)17-13-11(14)6-9(16)7-12(13)15/h2-7H,16H2,1H3. The normalized spacial score (nSPS) is 10.3. The molecule has 4 heteroatoms. The van der Waals surface area contributed by atoms with E-state index in [1.165, 1.54) is 0 Å². The van der Waals surface area contributed by atoms with Crippen LogP contribution in [0.2, 0.25) is 0 Å². The molecule has 0 saturated carbocycles. The van der Waals surface area contributed by atoms with Crippen LogP contribution in [-0.2, 0) is 0 Å². The minimum atomic E-state index is -0.816. The summed E-state index contributed by atoms with van der Waals surface area (Å²) in [6, 6.07) is 8.97. The predicted octanol–water partition coefficient (Wildman–Crippen LogP) is 3.65. The molecule has 2 aromatic rings. The fourth-order valence-corrected chi connectivity index (χ4v) is 1.47. The second-order valence-corrected chi connectivity index (χ2v) is 3.73. The molecule has 0 unspecified atom stereocenters. The average molecular weight is 235 g/mol. The van der Waals surface area contributed by atoms with E-state index in [2.05, 4.69) is 0 Å². The molecule has 2 aromatic carbocycles. The van der Waals surface area contributed by atoms with Crippen molar-refractivity contribution in [2.45, 2.75) is 6.92 Å². The summed E-state index contributed by atoms with van der Waals surface area (Å²) in [5.74, 6) is -1.69. The van der Waals surface area contributed by atoms with Crippen LogP contribution in [-0.4, -0.2) is 0 Å². The van der Waals surface area contributed by atoms with E-state index < -0.39 is 17.4 Å². The van der Waals surface area contributed by atoms with Gasteiger partial charge >= 0.3 is 0 Å². The molecule has 0 aliphatic carbocycles. The lowest BCUT2D eigenvalue weighted by atomic mass is 10.2. The number of aryl methyl sites for hydroxylation is 1. The average Bonchev–Trinajstić information content (AvgIpc) is 2.23. The third kappa shape index (κ3) is 2.53. The van der Waals surface area contributed by atoms with Crippen LogP contribution in [0.1, 0.15) is 5.56 Å². The highest BCUT2D eigenvalue weighted by Gasteiger charge is 2.12. The number of nitrogen functional groups attached to an aromatic ring is 1. The van der Waals surface area contributed by atoms with Gasteiger partial charge in [-0.15, -0.1) is 0 Å². The van der Waals surface area contributed by atoms with Gasteiger partial charge in [0.05, 0.1) is 0 Å². The maximum absolute atomic E-state index is 13.5.